The Morgan fingerprint density at radius 3 is 2.90 bits per heavy atom. The molecule has 1 unspecified atom stereocenters. The van der Waals surface area contributed by atoms with Gasteiger partial charge in [0.25, 0.3) is 5.91 Å². The lowest BCUT2D eigenvalue weighted by Gasteiger charge is -2.32. The minimum Gasteiger partial charge on any atom is -0.337 e. The van der Waals surface area contributed by atoms with E-state index in [1.54, 1.807) is 17.0 Å². The summed E-state index contributed by atoms with van der Waals surface area (Å²) in [6.45, 7) is 1.43. The Kier molecular flexibility index (Phi) is 4.79. The largest absolute Gasteiger partial charge is 0.337 e. The molecule has 0 saturated carbocycles. The number of pyridine rings is 1. The van der Waals surface area contributed by atoms with Gasteiger partial charge in [-0.2, -0.15) is 0 Å². The van der Waals surface area contributed by atoms with E-state index in [9.17, 15) is 18.0 Å². The van der Waals surface area contributed by atoms with Crippen LogP contribution in [0, 0.1) is 5.92 Å². The van der Waals surface area contributed by atoms with Gasteiger partial charge in [-0.1, -0.05) is 6.07 Å². The molecule has 8 heteroatoms. The minimum atomic E-state index is -3.22. The third-order valence-corrected chi connectivity index (χ3v) is 4.13. The molecule has 1 fully saturated rings. The van der Waals surface area contributed by atoms with E-state index >= 15 is 0 Å². The molecule has 1 aliphatic rings. The van der Waals surface area contributed by atoms with Gasteiger partial charge >= 0.3 is 0 Å². The van der Waals surface area contributed by atoms with Gasteiger partial charge in [0.15, 0.2) is 0 Å². The first-order valence-electron chi connectivity index (χ1n) is 6.78. The number of nitrogens with zero attached hydrogens (tertiary/aromatic N) is 1. The second-order valence-corrected chi connectivity index (χ2v) is 7.14. The first-order valence-corrected chi connectivity index (χ1v) is 8.67. The molecule has 1 aromatic rings. The number of carbonyl (C=O) groups excluding carboxylic acids is 1. The van der Waals surface area contributed by atoms with Gasteiger partial charge in [-0.25, -0.2) is 13.1 Å². The maximum absolute atomic E-state index is 12.3. The summed E-state index contributed by atoms with van der Waals surface area (Å²) in [6.07, 6.45) is 2.81. The molecular weight excluding hydrogens is 294 g/mol. The fourth-order valence-corrected chi connectivity index (χ4v) is 2.97. The second-order valence-electron chi connectivity index (χ2n) is 5.31. The van der Waals surface area contributed by atoms with Crippen molar-refractivity contribution in [2.45, 2.75) is 12.8 Å². The lowest BCUT2D eigenvalue weighted by atomic mass is 9.98. The van der Waals surface area contributed by atoms with Crippen LogP contribution in [0.2, 0.25) is 0 Å². The number of sulfonamides is 1. The molecule has 0 radical (unpaired) electrons. The zero-order valence-electron chi connectivity index (χ0n) is 11.8. The highest BCUT2D eigenvalue weighted by Gasteiger charge is 2.25. The summed E-state index contributed by atoms with van der Waals surface area (Å²) in [5.74, 6) is -0.135. The van der Waals surface area contributed by atoms with Crippen molar-refractivity contribution in [2.24, 2.45) is 5.92 Å². The first-order chi connectivity index (χ1) is 9.85. The summed E-state index contributed by atoms with van der Waals surface area (Å²) >= 11 is 0. The lowest BCUT2D eigenvalue weighted by Crippen LogP contribution is -2.44. The van der Waals surface area contributed by atoms with Crippen molar-refractivity contribution < 1.29 is 13.2 Å². The lowest BCUT2D eigenvalue weighted by molar-refractivity contribution is 0.0670. The molecule has 1 saturated heterocycles. The van der Waals surface area contributed by atoms with E-state index < -0.39 is 10.0 Å². The summed E-state index contributed by atoms with van der Waals surface area (Å²) in [5, 5.41) is 0. The van der Waals surface area contributed by atoms with Crippen molar-refractivity contribution in [1.29, 1.82) is 0 Å². The number of piperidine rings is 1. The van der Waals surface area contributed by atoms with E-state index in [0.717, 1.165) is 19.1 Å². The van der Waals surface area contributed by atoms with Crippen LogP contribution in [0.3, 0.4) is 0 Å². The molecule has 7 nitrogen and oxygen atoms in total. The fourth-order valence-electron chi connectivity index (χ4n) is 2.43. The minimum absolute atomic E-state index is 0.0906. The van der Waals surface area contributed by atoms with E-state index in [2.05, 4.69) is 9.71 Å². The average Bonchev–Trinajstić information content (AvgIpc) is 2.44. The average molecular weight is 313 g/mol. The predicted molar refractivity (Wildman–Crippen MR) is 78.5 cm³/mol. The third kappa shape index (κ3) is 4.68. The van der Waals surface area contributed by atoms with Gasteiger partial charge in [0, 0.05) is 25.7 Å². The van der Waals surface area contributed by atoms with E-state index in [1.807, 2.05) is 0 Å². The van der Waals surface area contributed by atoms with Crippen LogP contribution in [-0.2, 0) is 10.0 Å². The highest BCUT2D eigenvalue weighted by atomic mass is 32.2. The molecule has 2 N–H and O–H groups in total. The standard InChI is InChI=1S/C13H19N3O4S/c1-21(19,20)14-8-10-4-3-7-16(9-10)13(18)11-5-2-6-12(17)15-11/h2,5-6,10,14H,3-4,7-9H2,1H3,(H,15,17). The molecule has 2 heterocycles. The molecule has 0 aromatic carbocycles. The number of rotatable bonds is 4. The number of nitrogens with one attached hydrogen (secondary N) is 2. The summed E-state index contributed by atoms with van der Waals surface area (Å²) in [4.78, 5) is 27.7. The Morgan fingerprint density at radius 1 is 1.48 bits per heavy atom. The van der Waals surface area contributed by atoms with Crippen molar-refractivity contribution in [1.82, 2.24) is 14.6 Å². The number of hydrogen-bond donors (Lipinski definition) is 2. The zero-order chi connectivity index (χ0) is 15.5. The van der Waals surface area contributed by atoms with Crippen molar-refractivity contribution in [2.75, 3.05) is 25.9 Å². The van der Waals surface area contributed by atoms with E-state index in [4.69, 9.17) is 0 Å². The molecule has 1 amide bonds. The Bertz CT molecular complexity index is 668. The van der Waals surface area contributed by atoms with Gasteiger partial charge in [-0.05, 0) is 24.8 Å². The van der Waals surface area contributed by atoms with Gasteiger partial charge in [0.2, 0.25) is 15.6 Å². The second kappa shape index (κ2) is 6.40. The van der Waals surface area contributed by atoms with Crippen molar-refractivity contribution in [3.8, 4) is 0 Å². The fraction of sp³-hybridized carbons (Fsp3) is 0.538. The molecule has 0 aliphatic carbocycles. The highest BCUT2D eigenvalue weighted by Crippen LogP contribution is 2.17. The molecule has 1 atom stereocenters. The van der Waals surface area contributed by atoms with Crippen LogP contribution in [0.5, 0.6) is 0 Å². The molecule has 1 aromatic heterocycles. The van der Waals surface area contributed by atoms with E-state index in [0.29, 0.717) is 19.6 Å². The smallest absolute Gasteiger partial charge is 0.270 e. The number of amides is 1. The third-order valence-electron chi connectivity index (χ3n) is 3.44. The molecule has 0 spiro atoms. The van der Waals surface area contributed by atoms with Crippen LogP contribution in [0.25, 0.3) is 0 Å². The molecule has 1 aliphatic heterocycles. The number of hydrogen-bond acceptors (Lipinski definition) is 4. The van der Waals surface area contributed by atoms with Crippen molar-refractivity contribution in [3.63, 3.8) is 0 Å². The van der Waals surface area contributed by atoms with E-state index in [1.165, 1.54) is 6.07 Å². The molecule has 2 rings (SSSR count). The van der Waals surface area contributed by atoms with Crippen molar-refractivity contribution >= 4 is 15.9 Å². The molecule has 0 bridgehead atoms. The van der Waals surface area contributed by atoms with Gasteiger partial charge in [-0.15, -0.1) is 0 Å². The van der Waals surface area contributed by atoms with Gasteiger partial charge in [0.1, 0.15) is 5.69 Å². The Hall–Kier alpha value is -1.67. The summed E-state index contributed by atoms with van der Waals surface area (Å²) in [5.41, 5.74) is -0.0487. The first kappa shape index (κ1) is 15.7. The van der Waals surface area contributed by atoms with Crippen LogP contribution in [0.15, 0.2) is 23.0 Å². The predicted octanol–water partition coefficient (Wildman–Crippen LogP) is -0.224. The Balaban J connectivity index is 2.00. The van der Waals surface area contributed by atoms with Gasteiger partial charge in [-0.3, -0.25) is 9.59 Å². The topological polar surface area (TPSA) is 99.3 Å². The van der Waals surface area contributed by atoms with Crippen LogP contribution in [-0.4, -0.2) is 50.1 Å². The monoisotopic (exact) mass is 313 g/mol. The number of aromatic amines is 1. The number of likely N-dealkylation sites (tertiary alicyclic amines) is 1. The SMILES string of the molecule is CS(=O)(=O)NCC1CCCN(C(=O)c2cccc(=O)[nH]2)C1. The molecule has 116 valence electrons. The summed E-state index contributed by atoms with van der Waals surface area (Å²) < 4.78 is 24.7. The quantitative estimate of drug-likeness (QED) is 0.802. The molecular formula is C13H19N3O4S. The molecule has 21 heavy (non-hydrogen) atoms. The maximum atomic E-state index is 12.3. The van der Waals surface area contributed by atoms with Crippen LogP contribution >= 0.6 is 0 Å². The maximum Gasteiger partial charge on any atom is 0.270 e. The van der Waals surface area contributed by atoms with Gasteiger partial charge in [0.05, 0.1) is 6.26 Å². The normalized spacial score (nSPS) is 19.5. The number of carbonyl (C=O) groups is 1. The Morgan fingerprint density at radius 2 is 2.24 bits per heavy atom. The highest BCUT2D eigenvalue weighted by molar-refractivity contribution is 7.88. The Labute approximate surface area is 123 Å². The summed E-state index contributed by atoms with van der Waals surface area (Å²) in [6, 6.07) is 4.46. The number of aromatic nitrogens is 1. The van der Waals surface area contributed by atoms with Crippen molar-refractivity contribution in [3.05, 3.63) is 34.2 Å². The van der Waals surface area contributed by atoms with Crippen LogP contribution in [0.4, 0.5) is 0 Å². The summed E-state index contributed by atoms with van der Waals surface area (Å²) in [7, 11) is -3.22. The zero-order valence-corrected chi connectivity index (χ0v) is 12.6. The van der Waals surface area contributed by atoms with Gasteiger partial charge < -0.3 is 9.88 Å². The van der Waals surface area contributed by atoms with Crippen LogP contribution < -0.4 is 10.3 Å². The number of H-pyrrole nitrogens is 1. The van der Waals surface area contributed by atoms with E-state index in [-0.39, 0.29) is 23.1 Å². The van der Waals surface area contributed by atoms with Crippen LogP contribution in [0.1, 0.15) is 23.3 Å².